The maximum Gasteiger partial charge on any atom is 0.394 e. The van der Waals surface area contributed by atoms with Crippen LogP contribution in [0.15, 0.2) is 48.2 Å². The molecule has 1 aromatic rings. The second-order valence-electron chi connectivity index (χ2n) is 2.73. The Bertz CT molecular complexity index is 452. The second-order valence-corrected chi connectivity index (χ2v) is 3.63. The van der Waals surface area contributed by atoms with Crippen molar-refractivity contribution in [2.45, 2.75) is 6.92 Å². The average molecular weight is 276 g/mol. The molecule has 102 valence electrons. The summed E-state index contributed by atoms with van der Waals surface area (Å²) in [5, 5.41) is 0. The molecule has 0 unspecified atom stereocenters. The molecule has 0 aromatic heterocycles. The Balaban J connectivity index is 0. The lowest BCUT2D eigenvalue weighted by molar-refractivity contribution is 0.363. The Morgan fingerprint density at radius 3 is 2.22 bits per heavy atom. The number of para-hydroxylation sites is 1. The van der Waals surface area contributed by atoms with Gasteiger partial charge in [-0.05, 0) is 31.2 Å². The van der Waals surface area contributed by atoms with Crippen LogP contribution >= 0.6 is 0 Å². The van der Waals surface area contributed by atoms with Crippen molar-refractivity contribution < 1.29 is 27.7 Å². The van der Waals surface area contributed by atoms with Crippen molar-refractivity contribution in [2.24, 2.45) is 0 Å². The van der Waals surface area contributed by atoms with Crippen molar-refractivity contribution in [3.05, 3.63) is 48.2 Å². The Hall–Kier alpha value is -1.63. The van der Waals surface area contributed by atoms with Gasteiger partial charge < -0.3 is 10.2 Å². The van der Waals surface area contributed by atoms with Gasteiger partial charge in [0.1, 0.15) is 12.4 Å². The number of hydrogen-bond donors (Lipinski definition) is 2. The first-order chi connectivity index (χ1) is 7.93. The van der Waals surface area contributed by atoms with E-state index < -0.39 is 10.4 Å². The van der Waals surface area contributed by atoms with E-state index in [9.17, 15) is 0 Å². The first kappa shape index (κ1) is 18.7. The van der Waals surface area contributed by atoms with Crippen LogP contribution in [0.4, 0.5) is 0 Å². The normalized spacial score (nSPS) is 8.83. The molecule has 1 rings (SSSR count). The standard InChI is InChI=1S/C11H12O.H2O4S.H2O/c1-2-3-7-10-12-11-8-5-4-6-9-11;1-5(2,3)4;/h2,4-9H,10H2,1H3;(H2,1,2,3,4);1H2. The molecule has 0 fully saturated rings. The summed E-state index contributed by atoms with van der Waals surface area (Å²) in [4.78, 5) is 0. The molecule has 0 atom stereocenters. The van der Waals surface area contributed by atoms with Crippen molar-refractivity contribution in [3.8, 4) is 5.75 Å². The minimum atomic E-state index is -4.67. The predicted octanol–water partition coefficient (Wildman–Crippen LogP) is 1.32. The lowest BCUT2D eigenvalue weighted by Gasteiger charge is -1.99. The van der Waals surface area contributed by atoms with Crippen LogP contribution in [-0.2, 0) is 10.4 Å². The highest BCUT2D eigenvalue weighted by molar-refractivity contribution is 7.79. The Morgan fingerprint density at radius 2 is 1.78 bits per heavy atom. The second kappa shape index (κ2) is 10.5. The Kier molecular flexibility index (Phi) is 10.9. The lowest BCUT2D eigenvalue weighted by Crippen LogP contribution is -1.91. The van der Waals surface area contributed by atoms with Gasteiger partial charge in [-0.3, -0.25) is 9.11 Å². The van der Waals surface area contributed by atoms with Crippen LogP contribution in [0.3, 0.4) is 0 Å². The first-order valence-electron chi connectivity index (χ1n) is 4.66. The molecule has 6 nitrogen and oxygen atoms in total. The summed E-state index contributed by atoms with van der Waals surface area (Å²) in [6.45, 7) is 2.51. The SMILES string of the molecule is CC=C=CCOc1ccccc1.O.O=S(=O)(O)O. The van der Waals surface area contributed by atoms with E-state index in [-0.39, 0.29) is 5.48 Å². The summed E-state index contributed by atoms with van der Waals surface area (Å²) in [5.41, 5.74) is 2.94. The van der Waals surface area contributed by atoms with E-state index in [1.165, 1.54) is 0 Å². The van der Waals surface area contributed by atoms with Gasteiger partial charge in [-0.25, -0.2) is 0 Å². The van der Waals surface area contributed by atoms with E-state index in [4.69, 9.17) is 22.3 Å². The van der Waals surface area contributed by atoms with E-state index in [0.29, 0.717) is 6.61 Å². The van der Waals surface area contributed by atoms with Gasteiger partial charge in [-0.1, -0.05) is 18.2 Å². The van der Waals surface area contributed by atoms with Crippen LogP contribution in [-0.4, -0.2) is 29.6 Å². The van der Waals surface area contributed by atoms with Crippen LogP contribution in [0.2, 0.25) is 0 Å². The first-order valence-corrected chi connectivity index (χ1v) is 6.06. The molecule has 1 aromatic carbocycles. The van der Waals surface area contributed by atoms with E-state index in [1.54, 1.807) is 0 Å². The van der Waals surface area contributed by atoms with Gasteiger partial charge in [0.25, 0.3) is 0 Å². The van der Waals surface area contributed by atoms with Gasteiger partial charge in [-0.15, -0.1) is 5.73 Å². The van der Waals surface area contributed by atoms with Crippen molar-refractivity contribution in [2.75, 3.05) is 6.61 Å². The third-order valence-corrected chi connectivity index (χ3v) is 1.36. The molecule has 7 heteroatoms. The van der Waals surface area contributed by atoms with E-state index in [1.807, 2.05) is 49.4 Å². The summed E-state index contributed by atoms with van der Waals surface area (Å²) >= 11 is 0. The van der Waals surface area contributed by atoms with Crippen molar-refractivity contribution >= 4 is 10.4 Å². The summed E-state index contributed by atoms with van der Waals surface area (Å²) < 4.78 is 37.0. The number of hydrogen-bond acceptors (Lipinski definition) is 3. The zero-order valence-corrected chi connectivity index (χ0v) is 10.6. The van der Waals surface area contributed by atoms with Crippen LogP contribution in [0, 0.1) is 0 Å². The molecule has 0 saturated carbocycles. The van der Waals surface area contributed by atoms with Gasteiger partial charge in [0.2, 0.25) is 0 Å². The monoisotopic (exact) mass is 276 g/mol. The highest BCUT2D eigenvalue weighted by Crippen LogP contribution is 2.07. The largest absolute Gasteiger partial charge is 0.489 e. The number of ether oxygens (including phenoxy) is 1. The summed E-state index contributed by atoms with van der Waals surface area (Å²) in [7, 11) is -4.67. The van der Waals surface area contributed by atoms with Gasteiger partial charge in [0.15, 0.2) is 0 Å². The summed E-state index contributed by atoms with van der Waals surface area (Å²) in [6, 6.07) is 9.74. The average Bonchev–Trinajstić information content (AvgIpc) is 2.24. The van der Waals surface area contributed by atoms with Crippen molar-refractivity contribution in [1.29, 1.82) is 0 Å². The van der Waals surface area contributed by atoms with Gasteiger partial charge in [0.05, 0.1) is 0 Å². The maximum atomic E-state index is 8.74. The molecule has 0 aliphatic rings. The fraction of sp³-hybridized carbons (Fsp3) is 0.182. The molecule has 18 heavy (non-hydrogen) atoms. The topological polar surface area (TPSA) is 115 Å². The molecule has 0 heterocycles. The molecule has 0 aliphatic carbocycles. The maximum absolute atomic E-state index is 8.74. The van der Waals surface area contributed by atoms with Gasteiger partial charge >= 0.3 is 10.4 Å². The van der Waals surface area contributed by atoms with E-state index >= 15 is 0 Å². The summed E-state index contributed by atoms with van der Waals surface area (Å²) in [6.07, 6.45) is 3.71. The van der Waals surface area contributed by atoms with Crippen LogP contribution in [0.5, 0.6) is 5.75 Å². The highest BCUT2D eigenvalue weighted by atomic mass is 32.3. The molecule has 0 bridgehead atoms. The zero-order valence-electron chi connectivity index (χ0n) is 9.78. The fourth-order valence-corrected chi connectivity index (χ4v) is 0.821. The summed E-state index contributed by atoms with van der Waals surface area (Å²) in [5.74, 6) is 0.895. The number of benzene rings is 1. The Morgan fingerprint density at radius 1 is 1.28 bits per heavy atom. The minimum absolute atomic E-state index is 0. The third kappa shape index (κ3) is 16.8. The highest BCUT2D eigenvalue weighted by Gasteiger charge is 1.85. The smallest absolute Gasteiger partial charge is 0.394 e. The third-order valence-electron chi connectivity index (χ3n) is 1.36. The van der Waals surface area contributed by atoms with Crippen LogP contribution < -0.4 is 4.74 Å². The molecular formula is C11H16O6S. The number of rotatable bonds is 3. The lowest BCUT2D eigenvalue weighted by atomic mass is 10.3. The molecule has 0 spiro atoms. The van der Waals surface area contributed by atoms with E-state index in [0.717, 1.165) is 5.75 Å². The molecule has 0 aliphatic heterocycles. The van der Waals surface area contributed by atoms with Gasteiger partial charge in [0, 0.05) is 0 Å². The van der Waals surface area contributed by atoms with Gasteiger partial charge in [-0.2, -0.15) is 8.42 Å². The zero-order chi connectivity index (χ0) is 13.1. The molecule has 0 radical (unpaired) electrons. The minimum Gasteiger partial charge on any atom is -0.489 e. The quantitative estimate of drug-likeness (QED) is 0.638. The van der Waals surface area contributed by atoms with Crippen LogP contribution in [0.1, 0.15) is 6.92 Å². The molecule has 4 N–H and O–H groups in total. The molecular weight excluding hydrogens is 260 g/mol. The molecule has 0 saturated heterocycles. The van der Waals surface area contributed by atoms with Crippen molar-refractivity contribution in [3.63, 3.8) is 0 Å². The Labute approximate surface area is 106 Å². The van der Waals surface area contributed by atoms with Crippen LogP contribution in [0.25, 0.3) is 0 Å². The molecule has 0 amide bonds. The predicted molar refractivity (Wildman–Crippen MR) is 68.1 cm³/mol. The van der Waals surface area contributed by atoms with Crippen molar-refractivity contribution in [1.82, 2.24) is 0 Å². The fourth-order valence-electron chi connectivity index (χ4n) is 0.821. The van der Waals surface area contributed by atoms with E-state index in [2.05, 4.69) is 5.73 Å².